The van der Waals surface area contributed by atoms with Crippen LogP contribution in [0.15, 0.2) is 54.7 Å². The maximum Gasteiger partial charge on any atom is 0.233 e. The fourth-order valence-corrected chi connectivity index (χ4v) is 4.90. The first-order valence-electron chi connectivity index (χ1n) is 9.94. The third kappa shape index (κ3) is 3.77. The fraction of sp³-hybridized carbons (Fsp3) is 0.304. The normalized spacial score (nSPS) is 16.2. The van der Waals surface area contributed by atoms with Crippen LogP contribution < -0.4 is 9.47 Å². The summed E-state index contributed by atoms with van der Waals surface area (Å²) in [7, 11) is 3.25. The van der Waals surface area contributed by atoms with E-state index in [9.17, 15) is 4.79 Å². The predicted molar refractivity (Wildman–Crippen MR) is 119 cm³/mol. The number of carbonyl (C=O) groups excluding carboxylic acids is 1. The Balaban J connectivity index is 1.84. The van der Waals surface area contributed by atoms with Crippen LogP contribution in [0.1, 0.15) is 24.3 Å². The molecule has 1 fully saturated rings. The number of hydrogen-bond donors (Lipinski definition) is 0. The topological polar surface area (TPSA) is 56.6 Å². The molecule has 0 unspecified atom stereocenters. The molecule has 1 aliphatic rings. The molecule has 1 aliphatic heterocycles. The minimum atomic E-state index is -0.0574. The average molecular weight is 424 g/mol. The summed E-state index contributed by atoms with van der Waals surface area (Å²) in [5, 5.41) is 4.86. The maximum absolute atomic E-state index is 12.5. The number of aromatic nitrogens is 2. The van der Waals surface area contributed by atoms with Crippen LogP contribution in [0.5, 0.6) is 11.5 Å². The molecule has 2 heterocycles. The number of amides is 1. The molecular formula is C23H25N3O3S. The molecule has 7 heteroatoms. The molecule has 30 heavy (non-hydrogen) atoms. The Labute approximate surface area is 180 Å². The van der Waals surface area contributed by atoms with Crippen LogP contribution in [0.2, 0.25) is 0 Å². The van der Waals surface area contributed by atoms with Gasteiger partial charge in [-0.3, -0.25) is 4.79 Å². The molecule has 4 rings (SSSR count). The van der Waals surface area contributed by atoms with E-state index in [0.717, 1.165) is 35.5 Å². The van der Waals surface area contributed by atoms with Crippen LogP contribution in [0, 0.1) is 0 Å². The van der Waals surface area contributed by atoms with Gasteiger partial charge < -0.3 is 14.4 Å². The number of hydrogen-bond acceptors (Lipinski definition) is 5. The van der Waals surface area contributed by atoms with Gasteiger partial charge in [0.15, 0.2) is 11.5 Å². The molecule has 0 aliphatic carbocycles. The Bertz CT molecular complexity index is 1040. The van der Waals surface area contributed by atoms with E-state index in [1.54, 1.807) is 26.0 Å². The van der Waals surface area contributed by atoms with Crippen LogP contribution in [-0.2, 0) is 4.79 Å². The van der Waals surface area contributed by atoms with Crippen molar-refractivity contribution in [3.8, 4) is 28.4 Å². The van der Waals surface area contributed by atoms with Gasteiger partial charge in [-0.1, -0.05) is 25.1 Å². The van der Waals surface area contributed by atoms with Crippen molar-refractivity contribution in [2.75, 3.05) is 26.5 Å². The monoisotopic (exact) mass is 423 g/mol. The number of thioether (sulfide) groups is 1. The smallest absolute Gasteiger partial charge is 0.233 e. The minimum absolute atomic E-state index is 0.0574. The summed E-state index contributed by atoms with van der Waals surface area (Å²) in [4.78, 5) is 14.5. The lowest BCUT2D eigenvalue weighted by Gasteiger charge is -2.23. The SMILES string of the molecule is CCCN1C(=O)CS[C@H]1c1cn(-c2ccccc2)nc1-c1ccc(OC)c(OC)c1. The molecule has 0 spiro atoms. The first-order valence-corrected chi connectivity index (χ1v) is 11.0. The van der Waals surface area contributed by atoms with Crippen molar-refractivity contribution in [2.45, 2.75) is 18.7 Å². The highest BCUT2D eigenvalue weighted by Crippen LogP contribution is 2.43. The lowest BCUT2D eigenvalue weighted by Crippen LogP contribution is -2.28. The van der Waals surface area contributed by atoms with Crippen LogP contribution in [0.25, 0.3) is 16.9 Å². The van der Waals surface area contributed by atoms with Gasteiger partial charge in [0.05, 0.1) is 31.4 Å². The number of para-hydroxylation sites is 1. The van der Waals surface area contributed by atoms with Gasteiger partial charge in [-0.05, 0) is 36.8 Å². The van der Waals surface area contributed by atoms with E-state index in [0.29, 0.717) is 17.3 Å². The molecule has 0 saturated carbocycles. The zero-order chi connectivity index (χ0) is 21.1. The molecule has 1 saturated heterocycles. The second-order valence-corrected chi connectivity index (χ2v) is 8.10. The number of carbonyl (C=O) groups is 1. The second kappa shape index (κ2) is 8.83. The Morgan fingerprint density at radius 2 is 1.87 bits per heavy atom. The Morgan fingerprint density at radius 1 is 1.10 bits per heavy atom. The Hall–Kier alpha value is -2.93. The van der Waals surface area contributed by atoms with Crippen LogP contribution >= 0.6 is 11.8 Å². The molecule has 1 aromatic heterocycles. The van der Waals surface area contributed by atoms with Crippen LogP contribution in [0.3, 0.4) is 0 Å². The van der Waals surface area contributed by atoms with Gasteiger partial charge in [0.2, 0.25) is 5.91 Å². The van der Waals surface area contributed by atoms with E-state index in [4.69, 9.17) is 14.6 Å². The summed E-state index contributed by atoms with van der Waals surface area (Å²) in [6.45, 7) is 2.83. The zero-order valence-electron chi connectivity index (χ0n) is 17.4. The van der Waals surface area contributed by atoms with E-state index < -0.39 is 0 Å². The molecule has 1 atom stereocenters. The fourth-order valence-electron chi connectivity index (χ4n) is 3.68. The average Bonchev–Trinajstić information content (AvgIpc) is 3.38. The number of ether oxygens (including phenoxy) is 2. The van der Waals surface area contributed by atoms with E-state index in [2.05, 4.69) is 6.92 Å². The van der Waals surface area contributed by atoms with Crippen molar-refractivity contribution in [2.24, 2.45) is 0 Å². The molecular weight excluding hydrogens is 398 g/mol. The predicted octanol–water partition coefficient (Wildman–Crippen LogP) is 4.54. The molecule has 0 N–H and O–H groups in total. The summed E-state index contributed by atoms with van der Waals surface area (Å²) >= 11 is 1.65. The van der Waals surface area contributed by atoms with Crippen LogP contribution in [-0.4, -0.2) is 47.1 Å². The van der Waals surface area contributed by atoms with Gasteiger partial charge in [0.1, 0.15) is 5.37 Å². The van der Waals surface area contributed by atoms with Gasteiger partial charge in [0, 0.05) is 23.9 Å². The first kappa shape index (κ1) is 20.3. The van der Waals surface area contributed by atoms with E-state index in [-0.39, 0.29) is 11.3 Å². The molecule has 0 bridgehead atoms. The van der Waals surface area contributed by atoms with Crippen molar-refractivity contribution in [1.82, 2.24) is 14.7 Å². The molecule has 2 aromatic carbocycles. The Kier molecular flexibility index (Phi) is 5.99. The van der Waals surface area contributed by atoms with E-state index in [1.807, 2.05) is 64.3 Å². The van der Waals surface area contributed by atoms with Crippen LogP contribution in [0.4, 0.5) is 0 Å². The molecule has 0 radical (unpaired) electrons. The number of benzene rings is 2. The maximum atomic E-state index is 12.5. The van der Waals surface area contributed by atoms with E-state index >= 15 is 0 Å². The highest BCUT2D eigenvalue weighted by Gasteiger charge is 2.35. The van der Waals surface area contributed by atoms with Crippen molar-refractivity contribution in [3.05, 3.63) is 60.3 Å². The first-order chi connectivity index (χ1) is 14.7. The Morgan fingerprint density at radius 3 is 2.57 bits per heavy atom. The lowest BCUT2D eigenvalue weighted by molar-refractivity contribution is -0.128. The zero-order valence-corrected chi connectivity index (χ0v) is 18.2. The van der Waals surface area contributed by atoms with Crippen molar-refractivity contribution in [3.63, 3.8) is 0 Å². The molecule has 6 nitrogen and oxygen atoms in total. The van der Waals surface area contributed by atoms with Crippen molar-refractivity contribution >= 4 is 17.7 Å². The summed E-state index contributed by atoms with van der Waals surface area (Å²) < 4.78 is 12.8. The van der Waals surface area contributed by atoms with Gasteiger partial charge in [-0.2, -0.15) is 5.10 Å². The highest BCUT2D eigenvalue weighted by atomic mass is 32.2. The standard InChI is InChI=1S/C23H25N3O3S/c1-4-12-25-21(27)15-30-23(25)18-14-26(17-8-6-5-7-9-17)24-22(18)16-10-11-19(28-2)20(13-16)29-3/h5-11,13-14,23H,4,12,15H2,1-3H3/t23-/m0/s1. The third-order valence-corrected chi connectivity index (χ3v) is 6.36. The van der Waals surface area contributed by atoms with Gasteiger partial charge in [0.25, 0.3) is 0 Å². The minimum Gasteiger partial charge on any atom is -0.493 e. The molecule has 1 amide bonds. The third-order valence-electron chi connectivity index (χ3n) is 5.12. The highest BCUT2D eigenvalue weighted by molar-refractivity contribution is 8.00. The summed E-state index contributed by atoms with van der Waals surface area (Å²) in [5.74, 6) is 1.99. The lowest BCUT2D eigenvalue weighted by atomic mass is 10.1. The molecule has 3 aromatic rings. The number of methoxy groups -OCH3 is 2. The van der Waals surface area contributed by atoms with Gasteiger partial charge in [-0.25, -0.2) is 4.68 Å². The molecule has 156 valence electrons. The van der Waals surface area contributed by atoms with E-state index in [1.165, 1.54) is 0 Å². The largest absolute Gasteiger partial charge is 0.493 e. The number of rotatable bonds is 7. The summed E-state index contributed by atoms with van der Waals surface area (Å²) in [6, 6.07) is 15.8. The summed E-state index contributed by atoms with van der Waals surface area (Å²) in [6.07, 6.45) is 2.96. The number of nitrogens with zero attached hydrogens (tertiary/aromatic N) is 3. The summed E-state index contributed by atoms with van der Waals surface area (Å²) in [5.41, 5.74) is 3.76. The van der Waals surface area contributed by atoms with Gasteiger partial charge in [-0.15, -0.1) is 11.8 Å². The van der Waals surface area contributed by atoms with Crippen molar-refractivity contribution in [1.29, 1.82) is 0 Å². The quantitative estimate of drug-likeness (QED) is 0.558. The second-order valence-electron chi connectivity index (χ2n) is 7.03. The van der Waals surface area contributed by atoms with Crippen molar-refractivity contribution < 1.29 is 14.3 Å². The van der Waals surface area contributed by atoms with Gasteiger partial charge >= 0.3 is 0 Å².